The molecule has 0 saturated heterocycles. The van der Waals surface area contributed by atoms with Crippen molar-refractivity contribution in [3.63, 3.8) is 0 Å². The van der Waals surface area contributed by atoms with Gasteiger partial charge in [-0.25, -0.2) is 0 Å². The van der Waals surface area contributed by atoms with Crippen LogP contribution in [-0.4, -0.2) is 15.5 Å². The molecule has 1 heterocycles. The Morgan fingerprint density at radius 3 is 2.77 bits per heavy atom. The van der Waals surface area contributed by atoms with Gasteiger partial charge in [0.25, 0.3) is 0 Å². The number of hydrogen-bond acceptors (Lipinski definition) is 2. The lowest BCUT2D eigenvalue weighted by Gasteiger charge is -2.40. The first kappa shape index (κ1) is 9.83. The molecule has 1 aliphatic carbocycles. The van der Waals surface area contributed by atoms with Crippen molar-refractivity contribution >= 4 is 35.2 Å². The Kier molecular flexibility index (Phi) is 2.88. The Hall–Kier alpha value is 0.290. The molecule has 0 N–H and O–H groups in total. The molecule has 1 aliphatic rings. The minimum atomic E-state index is 0.443. The summed E-state index contributed by atoms with van der Waals surface area (Å²) >= 11 is 6.72. The maximum atomic E-state index is 4.43. The van der Waals surface area contributed by atoms with E-state index in [-0.39, 0.29) is 0 Å². The monoisotopic (exact) mass is 308 g/mol. The van der Waals surface area contributed by atoms with E-state index in [0.717, 1.165) is 12.3 Å². The highest BCUT2D eigenvalue weighted by Gasteiger charge is 2.36. The molecule has 4 heteroatoms. The van der Waals surface area contributed by atoms with Crippen LogP contribution >= 0.6 is 35.2 Å². The summed E-state index contributed by atoms with van der Waals surface area (Å²) in [5.74, 6) is 0.990. The Labute approximate surface area is 97.6 Å². The molecule has 0 unspecified atom stereocenters. The first-order valence-electron chi connectivity index (χ1n) is 4.53. The van der Waals surface area contributed by atoms with Crippen molar-refractivity contribution in [1.29, 1.82) is 0 Å². The standard InChI is InChI=1S/C9H13IN2S/c10-8-4-11-12(5-8)6-9(7-13)2-1-3-9/h4-5,13H,1-3,6-7H2. The third-order valence-electron chi connectivity index (χ3n) is 2.85. The van der Waals surface area contributed by atoms with E-state index in [4.69, 9.17) is 0 Å². The zero-order chi connectivity index (χ0) is 9.31. The van der Waals surface area contributed by atoms with Crippen LogP contribution in [0.1, 0.15) is 19.3 Å². The summed E-state index contributed by atoms with van der Waals surface area (Å²) < 4.78 is 3.27. The van der Waals surface area contributed by atoms with Crippen molar-refractivity contribution in [3.05, 3.63) is 16.0 Å². The fourth-order valence-corrected chi connectivity index (χ4v) is 2.67. The molecule has 2 nitrogen and oxygen atoms in total. The van der Waals surface area contributed by atoms with Crippen LogP contribution in [0, 0.1) is 8.99 Å². The van der Waals surface area contributed by atoms with Crippen molar-refractivity contribution in [2.24, 2.45) is 5.41 Å². The molecule has 0 radical (unpaired) electrons. The molecule has 1 aromatic rings. The molecule has 1 saturated carbocycles. The van der Waals surface area contributed by atoms with E-state index in [9.17, 15) is 0 Å². The normalized spacial score (nSPS) is 19.8. The topological polar surface area (TPSA) is 17.8 Å². The second-order valence-electron chi connectivity index (χ2n) is 3.87. The summed E-state index contributed by atoms with van der Waals surface area (Å²) in [6, 6.07) is 0. The van der Waals surface area contributed by atoms with E-state index < -0.39 is 0 Å². The minimum Gasteiger partial charge on any atom is -0.271 e. The molecule has 0 aromatic carbocycles. The number of thiol groups is 1. The van der Waals surface area contributed by atoms with Gasteiger partial charge in [-0.1, -0.05) is 6.42 Å². The van der Waals surface area contributed by atoms with Gasteiger partial charge in [0.2, 0.25) is 0 Å². The third-order valence-corrected chi connectivity index (χ3v) is 4.08. The van der Waals surface area contributed by atoms with Crippen LogP contribution in [0.4, 0.5) is 0 Å². The van der Waals surface area contributed by atoms with E-state index >= 15 is 0 Å². The van der Waals surface area contributed by atoms with Crippen molar-refractivity contribution in [3.8, 4) is 0 Å². The summed E-state index contributed by atoms with van der Waals surface area (Å²) in [5, 5.41) is 4.31. The SMILES string of the molecule is SCC1(Cn2cc(I)cn2)CCC1. The largest absolute Gasteiger partial charge is 0.271 e. The van der Waals surface area contributed by atoms with Crippen LogP contribution < -0.4 is 0 Å². The number of hydrogen-bond donors (Lipinski definition) is 1. The van der Waals surface area contributed by atoms with E-state index in [1.165, 1.54) is 22.8 Å². The highest BCUT2D eigenvalue weighted by molar-refractivity contribution is 14.1. The highest BCUT2D eigenvalue weighted by atomic mass is 127. The van der Waals surface area contributed by atoms with E-state index in [1.54, 1.807) is 0 Å². The summed E-state index contributed by atoms with van der Waals surface area (Å²) in [4.78, 5) is 0. The molecule has 1 fully saturated rings. The van der Waals surface area contributed by atoms with Gasteiger partial charge in [-0.05, 0) is 46.6 Å². The van der Waals surface area contributed by atoms with Gasteiger partial charge in [-0.15, -0.1) is 0 Å². The molecule has 0 spiro atoms. The lowest BCUT2D eigenvalue weighted by molar-refractivity contribution is 0.133. The molecule has 0 amide bonds. The lowest BCUT2D eigenvalue weighted by Crippen LogP contribution is -2.36. The Morgan fingerprint density at radius 2 is 2.38 bits per heavy atom. The predicted octanol–water partition coefficient (Wildman–Crippen LogP) is 2.59. The molecule has 0 bridgehead atoms. The maximum absolute atomic E-state index is 4.43. The summed E-state index contributed by atoms with van der Waals surface area (Å²) in [6.45, 7) is 1.04. The highest BCUT2D eigenvalue weighted by Crippen LogP contribution is 2.43. The first-order chi connectivity index (χ1) is 6.24. The molecule has 2 rings (SSSR count). The smallest absolute Gasteiger partial charge is 0.0623 e. The predicted molar refractivity (Wildman–Crippen MR) is 65.1 cm³/mol. The van der Waals surface area contributed by atoms with Crippen LogP contribution in [0.5, 0.6) is 0 Å². The second-order valence-corrected chi connectivity index (χ2v) is 5.43. The number of halogens is 1. The quantitative estimate of drug-likeness (QED) is 0.671. The van der Waals surface area contributed by atoms with Crippen molar-refractivity contribution in [1.82, 2.24) is 9.78 Å². The maximum Gasteiger partial charge on any atom is 0.0623 e. The second kappa shape index (κ2) is 3.81. The van der Waals surface area contributed by atoms with Crippen LogP contribution in [0.25, 0.3) is 0 Å². The minimum absolute atomic E-state index is 0.443. The number of aromatic nitrogens is 2. The Morgan fingerprint density at radius 1 is 1.62 bits per heavy atom. The van der Waals surface area contributed by atoms with E-state index in [1.807, 2.05) is 6.20 Å². The fraction of sp³-hybridized carbons (Fsp3) is 0.667. The number of rotatable bonds is 3. The Balaban J connectivity index is 2.04. The summed E-state index contributed by atoms with van der Waals surface area (Å²) in [7, 11) is 0. The molecule has 72 valence electrons. The van der Waals surface area contributed by atoms with Gasteiger partial charge in [-0.2, -0.15) is 17.7 Å². The van der Waals surface area contributed by atoms with Gasteiger partial charge < -0.3 is 0 Å². The fourth-order valence-electron chi connectivity index (χ4n) is 1.81. The molecule has 1 aromatic heterocycles. The number of nitrogens with zero attached hydrogens (tertiary/aromatic N) is 2. The lowest BCUT2D eigenvalue weighted by atomic mass is 9.70. The molecule has 13 heavy (non-hydrogen) atoms. The average molecular weight is 308 g/mol. The first-order valence-corrected chi connectivity index (χ1v) is 6.24. The van der Waals surface area contributed by atoms with Gasteiger partial charge in [0.1, 0.15) is 0 Å². The van der Waals surface area contributed by atoms with Crippen molar-refractivity contribution < 1.29 is 0 Å². The van der Waals surface area contributed by atoms with Crippen molar-refractivity contribution in [2.45, 2.75) is 25.8 Å². The van der Waals surface area contributed by atoms with Crippen LogP contribution in [0.15, 0.2) is 12.4 Å². The van der Waals surface area contributed by atoms with Crippen LogP contribution in [-0.2, 0) is 6.54 Å². The average Bonchev–Trinajstić information content (AvgIpc) is 2.44. The molecular weight excluding hydrogens is 295 g/mol. The summed E-state index contributed by atoms with van der Waals surface area (Å²) in [6.07, 6.45) is 7.99. The third kappa shape index (κ3) is 2.03. The Bertz CT molecular complexity index is 288. The van der Waals surface area contributed by atoms with Crippen LogP contribution in [0.2, 0.25) is 0 Å². The molecule has 0 atom stereocenters. The van der Waals surface area contributed by atoms with Crippen LogP contribution in [0.3, 0.4) is 0 Å². The van der Waals surface area contributed by atoms with E-state index in [2.05, 4.69) is 51.2 Å². The molecular formula is C9H13IN2S. The van der Waals surface area contributed by atoms with Gasteiger partial charge in [0.05, 0.1) is 9.77 Å². The molecule has 0 aliphatic heterocycles. The van der Waals surface area contributed by atoms with Gasteiger partial charge in [0, 0.05) is 12.7 Å². The zero-order valence-electron chi connectivity index (χ0n) is 7.41. The van der Waals surface area contributed by atoms with Crippen molar-refractivity contribution in [2.75, 3.05) is 5.75 Å². The summed E-state index contributed by atoms with van der Waals surface area (Å²) in [5.41, 5.74) is 0.443. The zero-order valence-corrected chi connectivity index (χ0v) is 10.5. The van der Waals surface area contributed by atoms with Gasteiger partial charge >= 0.3 is 0 Å². The van der Waals surface area contributed by atoms with E-state index in [0.29, 0.717) is 5.41 Å². The van der Waals surface area contributed by atoms with Gasteiger partial charge in [0.15, 0.2) is 0 Å². The van der Waals surface area contributed by atoms with Gasteiger partial charge in [-0.3, -0.25) is 4.68 Å².